The van der Waals surface area contributed by atoms with Gasteiger partial charge >= 0.3 is 0 Å². The molecule has 3 heteroatoms. The topological polar surface area (TPSA) is 39.9 Å². The van der Waals surface area contributed by atoms with E-state index in [1.807, 2.05) is 30.1 Å². The van der Waals surface area contributed by atoms with E-state index in [9.17, 15) is 5.26 Å². The standard InChI is InChI=1S/C17H17N3/c1-12-5-3-7-15(9-12)20(2)17-14(11-18)10-13-6-4-8-16(13)19-17/h3,5,7,9-10H,4,6,8H2,1-2H3. The van der Waals surface area contributed by atoms with Crippen LogP contribution < -0.4 is 4.90 Å². The van der Waals surface area contributed by atoms with Gasteiger partial charge < -0.3 is 4.90 Å². The number of fused-ring (bicyclic) bond motifs is 1. The summed E-state index contributed by atoms with van der Waals surface area (Å²) in [4.78, 5) is 6.74. The number of benzene rings is 1. The van der Waals surface area contributed by atoms with Gasteiger partial charge in [0, 0.05) is 18.4 Å². The predicted molar refractivity (Wildman–Crippen MR) is 80.2 cm³/mol. The maximum atomic E-state index is 9.38. The van der Waals surface area contributed by atoms with Crippen LogP contribution in [0.25, 0.3) is 0 Å². The lowest BCUT2D eigenvalue weighted by Crippen LogP contribution is -2.14. The first-order chi connectivity index (χ1) is 9.69. The Bertz CT molecular complexity index is 698. The Morgan fingerprint density at radius 2 is 2.10 bits per heavy atom. The highest BCUT2D eigenvalue weighted by Gasteiger charge is 2.19. The molecule has 1 heterocycles. The van der Waals surface area contributed by atoms with Crippen molar-refractivity contribution in [3.05, 3.63) is 52.7 Å². The van der Waals surface area contributed by atoms with Gasteiger partial charge in [0.25, 0.3) is 0 Å². The molecule has 100 valence electrons. The van der Waals surface area contributed by atoms with Crippen molar-refractivity contribution in [3.8, 4) is 6.07 Å². The van der Waals surface area contributed by atoms with Crippen LogP contribution in [0.4, 0.5) is 11.5 Å². The van der Waals surface area contributed by atoms with E-state index in [1.54, 1.807) is 0 Å². The van der Waals surface area contributed by atoms with Gasteiger partial charge in [-0.05, 0) is 55.5 Å². The average molecular weight is 263 g/mol. The first kappa shape index (κ1) is 12.7. The Morgan fingerprint density at radius 3 is 2.85 bits per heavy atom. The summed E-state index contributed by atoms with van der Waals surface area (Å²) in [5.74, 6) is 0.763. The molecule has 2 aromatic rings. The van der Waals surface area contributed by atoms with Gasteiger partial charge in [0.15, 0.2) is 5.82 Å². The lowest BCUT2D eigenvalue weighted by molar-refractivity contribution is 0.898. The Balaban J connectivity index is 2.07. The second-order valence-corrected chi connectivity index (χ2v) is 5.33. The summed E-state index contributed by atoms with van der Waals surface area (Å²) in [7, 11) is 1.97. The average Bonchev–Trinajstić information content (AvgIpc) is 2.92. The quantitative estimate of drug-likeness (QED) is 0.832. The minimum Gasteiger partial charge on any atom is -0.328 e. The number of anilines is 2. The van der Waals surface area contributed by atoms with Crippen LogP contribution in [0.15, 0.2) is 30.3 Å². The zero-order valence-corrected chi connectivity index (χ0v) is 11.8. The SMILES string of the molecule is Cc1cccc(N(C)c2nc3c(cc2C#N)CCC3)c1. The molecule has 0 bridgehead atoms. The van der Waals surface area contributed by atoms with Crippen LogP contribution in [0.5, 0.6) is 0 Å². The van der Waals surface area contributed by atoms with E-state index in [1.165, 1.54) is 11.1 Å². The smallest absolute Gasteiger partial charge is 0.151 e. The van der Waals surface area contributed by atoms with E-state index in [0.717, 1.165) is 36.5 Å². The van der Waals surface area contributed by atoms with Crippen molar-refractivity contribution in [1.82, 2.24) is 4.98 Å². The summed E-state index contributed by atoms with van der Waals surface area (Å²) in [5, 5.41) is 9.38. The van der Waals surface area contributed by atoms with Gasteiger partial charge in [-0.2, -0.15) is 5.26 Å². The van der Waals surface area contributed by atoms with Gasteiger partial charge in [0.05, 0.1) is 5.56 Å². The number of hydrogen-bond donors (Lipinski definition) is 0. The molecule has 3 nitrogen and oxygen atoms in total. The summed E-state index contributed by atoms with van der Waals surface area (Å²) >= 11 is 0. The fraction of sp³-hybridized carbons (Fsp3) is 0.294. The minimum absolute atomic E-state index is 0.662. The van der Waals surface area contributed by atoms with Crippen molar-refractivity contribution in [2.75, 3.05) is 11.9 Å². The van der Waals surface area contributed by atoms with Crippen LogP contribution in [0.1, 0.15) is 28.8 Å². The van der Waals surface area contributed by atoms with Crippen LogP contribution in [-0.4, -0.2) is 12.0 Å². The maximum absolute atomic E-state index is 9.38. The van der Waals surface area contributed by atoms with Crippen LogP contribution in [-0.2, 0) is 12.8 Å². The van der Waals surface area contributed by atoms with Gasteiger partial charge in [-0.1, -0.05) is 12.1 Å². The van der Waals surface area contributed by atoms with Gasteiger partial charge in [-0.15, -0.1) is 0 Å². The molecule has 1 aliphatic rings. The highest BCUT2D eigenvalue weighted by Crippen LogP contribution is 2.30. The largest absolute Gasteiger partial charge is 0.328 e. The van der Waals surface area contributed by atoms with Crippen molar-refractivity contribution in [2.45, 2.75) is 26.2 Å². The molecule has 0 saturated heterocycles. The van der Waals surface area contributed by atoms with Crippen LogP contribution in [0.3, 0.4) is 0 Å². The van der Waals surface area contributed by atoms with Crippen LogP contribution in [0, 0.1) is 18.3 Å². The molecule has 0 amide bonds. The lowest BCUT2D eigenvalue weighted by atomic mass is 10.1. The van der Waals surface area contributed by atoms with E-state index in [0.29, 0.717) is 5.56 Å². The molecular weight excluding hydrogens is 246 g/mol. The molecule has 0 N–H and O–H groups in total. The van der Waals surface area contributed by atoms with Gasteiger partial charge in [0.2, 0.25) is 0 Å². The zero-order chi connectivity index (χ0) is 14.1. The van der Waals surface area contributed by atoms with Gasteiger partial charge in [-0.25, -0.2) is 4.98 Å². The Morgan fingerprint density at radius 1 is 1.25 bits per heavy atom. The maximum Gasteiger partial charge on any atom is 0.151 e. The second kappa shape index (κ2) is 4.97. The van der Waals surface area contributed by atoms with E-state index in [2.05, 4.69) is 25.1 Å². The fourth-order valence-electron chi connectivity index (χ4n) is 2.76. The van der Waals surface area contributed by atoms with Crippen LogP contribution >= 0.6 is 0 Å². The Hall–Kier alpha value is -2.34. The molecule has 0 radical (unpaired) electrons. The van der Waals surface area contributed by atoms with Crippen molar-refractivity contribution < 1.29 is 0 Å². The Kier molecular flexibility index (Phi) is 3.15. The highest BCUT2D eigenvalue weighted by molar-refractivity contribution is 5.66. The van der Waals surface area contributed by atoms with Crippen molar-refractivity contribution in [2.24, 2.45) is 0 Å². The van der Waals surface area contributed by atoms with E-state index in [-0.39, 0.29) is 0 Å². The molecule has 0 spiro atoms. The predicted octanol–water partition coefficient (Wildman–Crippen LogP) is 3.52. The first-order valence-corrected chi connectivity index (χ1v) is 6.92. The zero-order valence-electron chi connectivity index (χ0n) is 11.8. The molecule has 0 unspecified atom stereocenters. The lowest BCUT2D eigenvalue weighted by Gasteiger charge is -2.21. The van der Waals surface area contributed by atoms with E-state index in [4.69, 9.17) is 4.98 Å². The summed E-state index contributed by atoms with van der Waals surface area (Å²) in [6.45, 7) is 2.07. The third-order valence-corrected chi connectivity index (χ3v) is 3.86. The third kappa shape index (κ3) is 2.14. The van der Waals surface area contributed by atoms with Crippen molar-refractivity contribution in [3.63, 3.8) is 0 Å². The number of aryl methyl sites for hydroxylation is 3. The third-order valence-electron chi connectivity index (χ3n) is 3.86. The monoisotopic (exact) mass is 263 g/mol. The van der Waals surface area contributed by atoms with Gasteiger partial charge in [0.1, 0.15) is 6.07 Å². The fourth-order valence-corrected chi connectivity index (χ4v) is 2.76. The summed E-state index contributed by atoms with van der Waals surface area (Å²) in [5.41, 5.74) is 5.32. The summed E-state index contributed by atoms with van der Waals surface area (Å²) < 4.78 is 0. The highest BCUT2D eigenvalue weighted by atomic mass is 15.2. The first-order valence-electron chi connectivity index (χ1n) is 6.92. The number of pyridine rings is 1. The summed E-state index contributed by atoms with van der Waals surface area (Å²) in [6.07, 6.45) is 3.21. The molecule has 3 rings (SSSR count). The molecule has 0 atom stereocenters. The normalized spacial score (nSPS) is 12.8. The molecule has 0 saturated carbocycles. The molecule has 1 aromatic carbocycles. The molecule has 0 aliphatic heterocycles. The molecule has 20 heavy (non-hydrogen) atoms. The number of rotatable bonds is 2. The van der Waals surface area contributed by atoms with Crippen molar-refractivity contribution >= 4 is 11.5 Å². The number of nitrogens with zero attached hydrogens (tertiary/aromatic N) is 3. The number of hydrogen-bond acceptors (Lipinski definition) is 3. The Labute approximate surface area is 119 Å². The van der Waals surface area contributed by atoms with Crippen molar-refractivity contribution in [1.29, 1.82) is 5.26 Å². The molecular formula is C17H17N3. The molecule has 0 fully saturated rings. The number of nitriles is 1. The molecule has 1 aliphatic carbocycles. The summed E-state index contributed by atoms with van der Waals surface area (Å²) in [6, 6.07) is 12.5. The van der Waals surface area contributed by atoms with Gasteiger partial charge in [-0.3, -0.25) is 0 Å². The van der Waals surface area contributed by atoms with E-state index < -0.39 is 0 Å². The van der Waals surface area contributed by atoms with E-state index >= 15 is 0 Å². The van der Waals surface area contributed by atoms with Crippen LogP contribution in [0.2, 0.25) is 0 Å². The number of aromatic nitrogens is 1. The second-order valence-electron chi connectivity index (χ2n) is 5.33. The minimum atomic E-state index is 0.662. The molecule has 1 aromatic heterocycles.